The van der Waals surface area contributed by atoms with E-state index in [0.29, 0.717) is 17.0 Å². The molecule has 0 saturated heterocycles. The largest absolute Gasteiger partial charge is 0.481 e. The summed E-state index contributed by atoms with van der Waals surface area (Å²) in [5.74, 6) is 0.223. The van der Waals surface area contributed by atoms with Crippen molar-refractivity contribution >= 4 is 17.5 Å². The second-order valence-corrected chi connectivity index (χ2v) is 7.72. The van der Waals surface area contributed by atoms with Gasteiger partial charge in [0.25, 0.3) is 11.8 Å². The van der Waals surface area contributed by atoms with Crippen molar-refractivity contribution in [3.63, 3.8) is 0 Å². The lowest BCUT2D eigenvalue weighted by Gasteiger charge is -2.20. The van der Waals surface area contributed by atoms with Crippen LogP contribution in [-0.4, -0.2) is 24.0 Å². The maximum Gasteiger partial charge on any atom is 0.265 e. The smallest absolute Gasteiger partial charge is 0.265 e. The Morgan fingerprint density at radius 2 is 1.76 bits per heavy atom. The molecule has 5 heteroatoms. The molecule has 2 aromatic rings. The Morgan fingerprint density at radius 1 is 1.03 bits per heavy atom. The number of hydrogen-bond acceptors (Lipinski definition) is 3. The first-order valence-corrected chi connectivity index (χ1v) is 10.5. The van der Waals surface area contributed by atoms with Gasteiger partial charge < -0.3 is 15.4 Å². The van der Waals surface area contributed by atoms with E-state index < -0.39 is 6.10 Å². The number of ether oxygens (including phenoxy) is 1. The summed E-state index contributed by atoms with van der Waals surface area (Å²) in [4.78, 5) is 25.2. The van der Waals surface area contributed by atoms with Gasteiger partial charge in [-0.25, -0.2) is 0 Å². The quantitative estimate of drug-likeness (QED) is 0.727. The van der Waals surface area contributed by atoms with E-state index in [1.54, 1.807) is 31.2 Å². The maximum atomic E-state index is 12.7. The van der Waals surface area contributed by atoms with Crippen LogP contribution in [0.5, 0.6) is 5.75 Å². The fourth-order valence-electron chi connectivity index (χ4n) is 3.47. The summed E-state index contributed by atoms with van der Waals surface area (Å²) in [6.07, 6.45) is 4.76. The van der Waals surface area contributed by atoms with Gasteiger partial charge in [0.05, 0.1) is 11.3 Å². The molecular weight excluding hydrogens is 364 g/mol. The molecule has 2 amide bonds. The number of para-hydroxylation sites is 1. The van der Waals surface area contributed by atoms with Crippen molar-refractivity contribution < 1.29 is 14.3 Å². The van der Waals surface area contributed by atoms with Crippen LogP contribution >= 0.6 is 0 Å². The average Bonchev–Trinajstić information content (AvgIpc) is 2.73. The third-order valence-electron chi connectivity index (χ3n) is 5.42. The molecule has 0 bridgehead atoms. The summed E-state index contributed by atoms with van der Waals surface area (Å²) in [7, 11) is 0. The molecule has 1 aliphatic carbocycles. The summed E-state index contributed by atoms with van der Waals surface area (Å²) < 4.78 is 5.88. The second kappa shape index (κ2) is 9.59. The van der Waals surface area contributed by atoms with E-state index in [0.717, 1.165) is 19.3 Å². The number of nitrogens with one attached hydrogen (secondary N) is 2. The Labute approximate surface area is 172 Å². The van der Waals surface area contributed by atoms with Gasteiger partial charge >= 0.3 is 0 Å². The zero-order chi connectivity index (χ0) is 20.8. The number of benzene rings is 2. The van der Waals surface area contributed by atoms with Gasteiger partial charge in [-0.1, -0.05) is 25.1 Å². The van der Waals surface area contributed by atoms with Gasteiger partial charge in [-0.2, -0.15) is 0 Å². The second-order valence-electron chi connectivity index (χ2n) is 7.72. The molecule has 1 aliphatic rings. The van der Waals surface area contributed by atoms with E-state index in [2.05, 4.69) is 16.7 Å². The van der Waals surface area contributed by atoms with Gasteiger partial charge in [0.2, 0.25) is 0 Å². The highest BCUT2D eigenvalue weighted by Crippen LogP contribution is 2.26. The van der Waals surface area contributed by atoms with Crippen molar-refractivity contribution in [3.05, 3.63) is 59.2 Å². The Hall–Kier alpha value is -2.82. The van der Waals surface area contributed by atoms with Crippen LogP contribution in [0.2, 0.25) is 0 Å². The lowest BCUT2D eigenvalue weighted by Crippen LogP contribution is -2.34. The first kappa shape index (κ1) is 20.9. The normalized spacial score (nSPS) is 15.0. The van der Waals surface area contributed by atoms with Crippen LogP contribution in [0.15, 0.2) is 42.5 Å². The molecule has 5 nitrogen and oxygen atoms in total. The van der Waals surface area contributed by atoms with E-state index in [-0.39, 0.29) is 17.9 Å². The minimum Gasteiger partial charge on any atom is -0.481 e. The average molecular weight is 395 g/mol. The number of amides is 2. The molecule has 0 aliphatic heterocycles. The summed E-state index contributed by atoms with van der Waals surface area (Å²) >= 11 is 0. The van der Waals surface area contributed by atoms with Crippen LogP contribution in [0.1, 0.15) is 61.5 Å². The summed E-state index contributed by atoms with van der Waals surface area (Å²) in [6, 6.07) is 13.2. The minimum atomic E-state index is -0.678. The highest BCUT2D eigenvalue weighted by molar-refractivity contribution is 6.04. The molecule has 2 atom stereocenters. The number of hydrogen-bond donors (Lipinski definition) is 2. The number of carbonyl (C=O) groups is 2. The van der Waals surface area contributed by atoms with Crippen molar-refractivity contribution in [2.45, 2.75) is 65.0 Å². The van der Waals surface area contributed by atoms with Gasteiger partial charge in [-0.05, 0) is 81.3 Å². The van der Waals surface area contributed by atoms with Crippen molar-refractivity contribution in [2.24, 2.45) is 0 Å². The van der Waals surface area contributed by atoms with E-state index in [1.165, 1.54) is 24.0 Å². The first-order chi connectivity index (χ1) is 14.0. The van der Waals surface area contributed by atoms with Crippen molar-refractivity contribution in [1.29, 1.82) is 0 Å². The van der Waals surface area contributed by atoms with Crippen LogP contribution in [0, 0.1) is 0 Å². The number of anilines is 1. The monoisotopic (exact) mass is 394 g/mol. The van der Waals surface area contributed by atoms with Gasteiger partial charge in [-0.15, -0.1) is 0 Å². The van der Waals surface area contributed by atoms with Gasteiger partial charge in [-0.3, -0.25) is 9.59 Å². The molecule has 154 valence electrons. The highest BCUT2D eigenvalue weighted by Gasteiger charge is 2.20. The topological polar surface area (TPSA) is 67.4 Å². The van der Waals surface area contributed by atoms with Gasteiger partial charge in [0.15, 0.2) is 6.10 Å². The fourth-order valence-corrected chi connectivity index (χ4v) is 3.47. The van der Waals surface area contributed by atoms with Crippen LogP contribution in [0.3, 0.4) is 0 Å². The molecule has 0 saturated carbocycles. The predicted octanol–water partition coefficient (Wildman–Crippen LogP) is 4.50. The van der Waals surface area contributed by atoms with Crippen LogP contribution in [-0.2, 0) is 17.6 Å². The van der Waals surface area contributed by atoms with Crippen LogP contribution < -0.4 is 15.4 Å². The van der Waals surface area contributed by atoms with Crippen LogP contribution in [0.4, 0.5) is 5.69 Å². The third-order valence-corrected chi connectivity index (χ3v) is 5.42. The van der Waals surface area contributed by atoms with Gasteiger partial charge in [0, 0.05) is 6.04 Å². The zero-order valence-electron chi connectivity index (χ0n) is 17.5. The van der Waals surface area contributed by atoms with Crippen molar-refractivity contribution in [2.75, 3.05) is 5.32 Å². The molecule has 29 heavy (non-hydrogen) atoms. The number of aryl methyl sites for hydroxylation is 2. The Morgan fingerprint density at radius 3 is 2.52 bits per heavy atom. The summed E-state index contributed by atoms with van der Waals surface area (Å²) in [6.45, 7) is 5.68. The SMILES string of the molecule is CC[C@@H](C)NC(=O)c1ccccc1NC(=O)[C@H](C)Oc1ccc2c(c1)CCCC2. The third kappa shape index (κ3) is 5.37. The lowest BCUT2D eigenvalue weighted by molar-refractivity contribution is -0.122. The first-order valence-electron chi connectivity index (χ1n) is 10.5. The molecular formula is C24H30N2O3. The lowest BCUT2D eigenvalue weighted by atomic mass is 9.92. The van der Waals surface area contributed by atoms with E-state index in [9.17, 15) is 9.59 Å². The van der Waals surface area contributed by atoms with Crippen LogP contribution in [0.25, 0.3) is 0 Å². The van der Waals surface area contributed by atoms with Gasteiger partial charge in [0.1, 0.15) is 5.75 Å². The number of fused-ring (bicyclic) bond motifs is 1. The summed E-state index contributed by atoms with van der Waals surface area (Å²) in [5, 5.41) is 5.78. The molecule has 3 rings (SSSR count). The van der Waals surface area contributed by atoms with E-state index in [4.69, 9.17) is 4.74 Å². The molecule has 0 radical (unpaired) electrons. The fraction of sp³-hybridized carbons (Fsp3) is 0.417. The number of carbonyl (C=O) groups excluding carboxylic acids is 2. The van der Waals surface area contributed by atoms with E-state index in [1.807, 2.05) is 26.0 Å². The molecule has 0 unspecified atom stereocenters. The molecule has 0 fully saturated rings. The molecule has 2 N–H and O–H groups in total. The Balaban J connectivity index is 1.66. The molecule has 0 spiro atoms. The standard InChI is InChI=1S/C24H30N2O3/c1-4-16(2)25-24(28)21-11-7-8-12-22(21)26-23(27)17(3)29-20-14-13-18-9-5-6-10-19(18)15-20/h7-8,11-17H,4-6,9-10H2,1-3H3,(H,25,28)(H,26,27)/t16-,17+/m1/s1. The zero-order valence-corrected chi connectivity index (χ0v) is 17.5. The maximum absolute atomic E-state index is 12.7. The van der Waals surface area contributed by atoms with Crippen molar-refractivity contribution in [1.82, 2.24) is 5.32 Å². The summed E-state index contributed by atoms with van der Waals surface area (Å²) in [5.41, 5.74) is 3.62. The molecule has 2 aromatic carbocycles. The number of rotatable bonds is 7. The Bertz CT molecular complexity index is 878. The predicted molar refractivity (Wildman–Crippen MR) is 115 cm³/mol. The van der Waals surface area contributed by atoms with E-state index >= 15 is 0 Å². The Kier molecular flexibility index (Phi) is 6.91. The molecule has 0 aromatic heterocycles. The minimum absolute atomic E-state index is 0.0672. The molecule has 0 heterocycles. The van der Waals surface area contributed by atoms with Crippen molar-refractivity contribution in [3.8, 4) is 5.75 Å². The highest BCUT2D eigenvalue weighted by atomic mass is 16.5.